The van der Waals surface area contributed by atoms with Crippen LogP contribution in [0.1, 0.15) is 15.9 Å². The molecule has 3 nitrogen and oxygen atoms in total. The van der Waals surface area contributed by atoms with Crippen LogP contribution in [0, 0.1) is 12.7 Å². The molecule has 0 radical (unpaired) electrons. The Morgan fingerprint density at radius 2 is 2.00 bits per heavy atom. The average molecular weight is 338 g/mol. The van der Waals surface area contributed by atoms with Crippen molar-refractivity contribution in [2.75, 3.05) is 12.4 Å². The van der Waals surface area contributed by atoms with Crippen molar-refractivity contribution in [2.45, 2.75) is 6.92 Å². The van der Waals surface area contributed by atoms with Crippen molar-refractivity contribution < 1.29 is 13.9 Å². The van der Waals surface area contributed by atoms with E-state index in [1.807, 2.05) is 0 Å². The number of aryl methyl sites for hydroxylation is 1. The van der Waals surface area contributed by atoms with Crippen LogP contribution >= 0.6 is 15.9 Å². The number of ether oxygens (including phenoxy) is 1. The molecule has 0 aromatic heterocycles. The first-order valence-corrected chi connectivity index (χ1v) is 6.71. The maximum Gasteiger partial charge on any atom is 0.255 e. The second-order valence-electron chi connectivity index (χ2n) is 4.26. The second kappa shape index (κ2) is 6.05. The molecule has 2 aromatic carbocycles. The van der Waals surface area contributed by atoms with Crippen LogP contribution in [0.25, 0.3) is 0 Å². The molecule has 0 spiro atoms. The Hall–Kier alpha value is -1.88. The van der Waals surface area contributed by atoms with E-state index in [-0.39, 0.29) is 11.7 Å². The predicted molar refractivity (Wildman–Crippen MR) is 79.8 cm³/mol. The number of methoxy groups -OCH3 is 1. The van der Waals surface area contributed by atoms with Crippen LogP contribution in [0.5, 0.6) is 5.75 Å². The quantitative estimate of drug-likeness (QED) is 0.913. The standard InChI is InChI=1S/C15H13BrFNO2/c1-9-7-11(17)4-5-13(9)18-15(19)10-3-6-14(20-2)12(16)8-10/h3-8H,1-2H3,(H,18,19). The van der Waals surface area contributed by atoms with Gasteiger partial charge in [-0.25, -0.2) is 4.39 Å². The van der Waals surface area contributed by atoms with Crippen molar-refractivity contribution in [1.29, 1.82) is 0 Å². The van der Waals surface area contributed by atoms with Crippen molar-refractivity contribution in [1.82, 2.24) is 0 Å². The largest absolute Gasteiger partial charge is 0.496 e. The molecule has 104 valence electrons. The molecule has 20 heavy (non-hydrogen) atoms. The Morgan fingerprint density at radius 1 is 1.25 bits per heavy atom. The smallest absolute Gasteiger partial charge is 0.255 e. The number of anilines is 1. The molecule has 0 saturated carbocycles. The highest BCUT2D eigenvalue weighted by Gasteiger charge is 2.10. The highest BCUT2D eigenvalue weighted by Crippen LogP contribution is 2.26. The molecule has 0 aliphatic heterocycles. The van der Waals surface area contributed by atoms with Gasteiger partial charge in [-0.05, 0) is 64.8 Å². The molecule has 0 unspecified atom stereocenters. The van der Waals surface area contributed by atoms with E-state index >= 15 is 0 Å². The van der Waals surface area contributed by atoms with Crippen LogP contribution in [0.4, 0.5) is 10.1 Å². The summed E-state index contributed by atoms with van der Waals surface area (Å²) in [7, 11) is 1.56. The van der Waals surface area contributed by atoms with Crippen LogP contribution in [0.3, 0.4) is 0 Å². The average Bonchev–Trinajstić information content (AvgIpc) is 2.41. The Bertz CT molecular complexity index is 658. The maximum atomic E-state index is 13.0. The summed E-state index contributed by atoms with van der Waals surface area (Å²) < 4.78 is 18.8. The molecule has 0 aliphatic rings. The Morgan fingerprint density at radius 3 is 2.60 bits per heavy atom. The summed E-state index contributed by atoms with van der Waals surface area (Å²) in [5.41, 5.74) is 1.75. The van der Waals surface area contributed by atoms with Gasteiger partial charge in [0.2, 0.25) is 0 Å². The van der Waals surface area contributed by atoms with E-state index in [2.05, 4.69) is 21.2 Å². The number of nitrogens with one attached hydrogen (secondary N) is 1. The lowest BCUT2D eigenvalue weighted by atomic mass is 10.1. The van der Waals surface area contributed by atoms with Crippen LogP contribution < -0.4 is 10.1 Å². The van der Waals surface area contributed by atoms with Gasteiger partial charge in [0, 0.05) is 11.3 Å². The number of hydrogen-bond acceptors (Lipinski definition) is 2. The van der Waals surface area contributed by atoms with Crippen molar-refractivity contribution in [3.63, 3.8) is 0 Å². The zero-order valence-corrected chi connectivity index (χ0v) is 12.6. The van der Waals surface area contributed by atoms with Gasteiger partial charge in [0.05, 0.1) is 11.6 Å². The summed E-state index contributed by atoms with van der Waals surface area (Å²) in [6.07, 6.45) is 0. The van der Waals surface area contributed by atoms with E-state index in [1.54, 1.807) is 38.3 Å². The second-order valence-corrected chi connectivity index (χ2v) is 5.12. The fourth-order valence-electron chi connectivity index (χ4n) is 1.77. The number of rotatable bonds is 3. The van der Waals surface area contributed by atoms with Crippen LogP contribution in [0.2, 0.25) is 0 Å². The van der Waals surface area contributed by atoms with Gasteiger partial charge >= 0.3 is 0 Å². The van der Waals surface area contributed by atoms with Gasteiger partial charge in [0.25, 0.3) is 5.91 Å². The van der Waals surface area contributed by atoms with Gasteiger partial charge in [0.1, 0.15) is 11.6 Å². The highest BCUT2D eigenvalue weighted by atomic mass is 79.9. The number of halogens is 2. The number of amides is 1. The zero-order chi connectivity index (χ0) is 14.7. The lowest BCUT2D eigenvalue weighted by Crippen LogP contribution is -2.12. The van der Waals surface area contributed by atoms with Crippen molar-refractivity contribution in [2.24, 2.45) is 0 Å². The predicted octanol–water partition coefficient (Wildman–Crippen LogP) is 4.16. The molecule has 0 saturated heterocycles. The third-order valence-electron chi connectivity index (χ3n) is 2.85. The number of carbonyl (C=O) groups excluding carboxylic acids is 1. The van der Waals surface area contributed by atoms with Gasteiger partial charge in [-0.1, -0.05) is 0 Å². The molecule has 5 heteroatoms. The molecule has 0 aliphatic carbocycles. The van der Waals surface area contributed by atoms with Crippen molar-refractivity contribution in [3.05, 3.63) is 57.8 Å². The monoisotopic (exact) mass is 337 g/mol. The molecule has 1 amide bonds. The third-order valence-corrected chi connectivity index (χ3v) is 3.47. The van der Waals surface area contributed by atoms with E-state index in [0.717, 1.165) is 0 Å². The van der Waals surface area contributed by atoms with Crippen LogP contribution in [-0.4, -0.2) is 13.0 Å². The van der Waals surface area contributed by atoms with Gasteiger partial charge in [-0.3, -0.25) is 4.79 Å². The first kappa shape index (κ1) is 14.5. The van der Waals surface area contributed by atoms with Crippen molar-refractivity contribution >= 4 is 27.5 Å². The molecule has 0 bridgehead atoms. The van der Waals surface area contributed by atoms with Gasteiger partial charge < -0.3 is 10.1 Å². The minimum Gasteiger partial charge on any atom is -0.496 e. The molecular formula is C15H13BrFNO2. The van der Waals surface area contributed by atoms with E-state index in [0.29, 0.717) is 27.0 Å². The SMILES string of the molecule is COc1ccc(C(=O)Nc2ccc(F)cc2C)cc1Br. The Balaban J connectivity index is 2.21. The molecular weight excluding hydrogens is 325 g/mol. The highest BCUT2D eigenvalue weighted by molar-refractivity contribution is 9.10. The summed E-state index contributed by atoms with van der Waals surface area (Å²) in [6.45, 7) is 1.74. The zero-order valence-electron chi connectivity index (χ0n) is 11.0. The van der Waals surface area contributed by atoms with Gasteiger partial charge in [0.15, 0.2) is 0 Å². The van der Waals surface area contributed by atoms with Gasteiger partial charge in [-0.2, -0.15) is 0 Å². The fourth-order valence-corrected chi connectivity index (χ4v) is 2.31. The number of carbonyl (C=O) groups is 1. The Kier molecular flexibility index (Phi) is 4.39. The summed E-state index contributed by atoms with van der Waals surface area (Å²) >= 11 is 3.33. The summed E-state index contributed by atoms with van der Waals surface area (Å²) in [5, 5.41) is 2.75. The van der Waals surface area contributed by atoms with E-state index in [4.69, 9.17) is 4.74 Å². The lowest BCUT2D eigenvalue weighted by molar-refractivity contribution is 0.102. The number of benzene rings is 2. The molecule has 1 N–H and O–H groups in total. The third kappa shape index (κ3) is 3.17. The fraction of sp³-hybridized carbons (Fsp3) is 0.133. The van der Waals surface area contributed by atoms with E-state index < -0.39 is 0 Å². The maximum absolute atomic E-state index is 13.0. The minimum absolute atomic E-state index is 0.261. The minimum atomic E-state index is -0.326. The lowest BCUT2D eigenvalue weighted by Gasteiger charge is -2.10. The molecule has 2 rings (SSSR count). The number of hydrogen-bond donors (Lipinski definition) is 1. The first-order valence-electron chi connectivity index (χ1n) is 5.92. The van der Waals surface area contributed by atoms with Gasteiger partial charge in [-0.15, -0.1) is 0 Å². The Labute approximate surface area is 124 Å². The topological polar surface area (TPSA) is 38.3 Å². The normalized spacial score (nSPS) is 10.2. The summed E-state index contributed by atoms with van der Waals surface area (Å²) in [6, 6.07) is 9.27. The molecule has 2 aromatic rings. The van der Waals surface area contributed by atoms with E-state index in [9.17, 15) is 9.18 Å². The van der Waals surface area contributed by atoms with E-state index in [1.165, 1.54) is 12.1 Å². The summed E-state index contributed by atoms with van der Waals surface area (Å²) in [4.78, 5) is 12.1. The molecule has 0 heterocycles. The van der Waals surface area contributed by atoms with Crippen LogP contribution in [-0.2, 0) is 0 Å². The molecule has 0 atom stereocenters. The van der Waals surface area contributed by atoms with Crippen LogP contribution in [0.15, 0.2) is 40.9 Å². The van der Waals surface area contributed by atoms with Crippen molar-refractivity contribution in [3.8, 4) is 5.75 Å². The first-order chi connectivity index (χ1) is 9.51. The molecule has 0 fully saturated rings. The summed E-state index contributed by atoms with van der Waals surface area (Å²) in [5.74, 6) is 0.0651.